The molecule has 0 saturated heterocycles. The minimum atomic E-state index is -4.31. The van der Waals surface area contributed by atoms with E-state index in [9.17, 15) is 13.2 Å². The first kappa shape index (κ1) is 15.0. The monoisotopic (exact) mass is 300 g/mol. The molecule has 0 fully saturated rings. The van der Waals surface area contributed by atoms with Crippen molar-refractivity contribution in [2.24, 2.45) is 0 Å². The predicted octanol–water partition coefficient (Wildman–Crippen LogP) is 4.09. The van der Waals surface area contributed by atoms with Crippen LogP contribution in [0.2, 0.25) is 0 Å². The Morgan fingerprint density at radius 3 is 2.40 bits per heavy atom. The van der Waals surface area contributed by atoms with Crippen molar-refractivity contribution in [2.45, 2.75) is 26.1 Å². The van der Waals surface area contributed by atoms with Crippen LogP contribution in [-0.2, 0) is 6.18 Å². The summed E-state index contributed by atoms with van der Waals surface area (Å²) in [7, 11) is 1.79. The van der Waals surface area contributed by atoms with Crippen molar-refractivity contribution in [1.29, 1.82) is 0 Å². The molecule has 2 nitrogen and oxygen atoms in total. The maximum absolute atomic E-state index is 12.7. The summed E-state index contributed by atoms with van der Waals surface area (Å²) in [6.45, 7) is 3.60. The number of hydrogen-bond donors (Lipinski definition) is 1. The molecule has 108 valence electrons. The number of aromatic nitrogens is 1. The van der Waals surface area contributed by atoms with E-state index in [0.29, 0.717) is 5.56 Å². The second-order valence-corrected chi connectivity index (χ2v) is 5.48. The molecule has 1 N–H and O–H groups in total. The number of nitrogens with zero attached hydrogens (tertiary/aromatic N) is 1. The van der Waals surface area contributed by atoms with Gasteiger partial charge in [-0.25, -0.2) is 4.98 Å². The van der Waals surface area contributed by atoms with Gasteiger partial charge in [0, 0.05) is 4.88 Å². The van der Waals surface area contributed by atoms with Gasteiger partial charge >= 0.3 is 6.18 Å². The summed E-state index contributed by atoms with van der Waals surface area (Å²) in [4.78, 5) is 5.22. The van der Waals surface area contributed by atoms with Crippen molar-refractivity contribution in [2.75, 3.05) is 7.05 Å². The first-order chi connectivity index (χ1) is 9.34. The van der Waals surface area contributed by atoms with Crippen LogP contribution < -0.4 is 5.32 Å². The van der Waals surface area contributed by atoms with Gasteiger partial charge in [0.1, 0.15) is 0 Å². The van der Waals surface area contributed by atoms with Crippen LogP contribution in [0.15, 0.2) is 23.7 Å². The molecule has 0 amide bonds. The molecule has 0 aliphatic heterocycles. The van der Waals surface area contributed by atoms with E-state index >= 15 is 0 Å². The van der Waals surface area contributed by atoms with E-state index < -0.39 is 11.7 Å². The highest BCUT2D eigenvalue weighted by molar-refractivity contribution is 7.09. The van der Waals surface area contributed by atoms with Gasteiger partial charge < -0.3 is 5.32 Å². The number of rotatable bonds is 3. The Bertz CT molecular complexity index is 605. The van der Waals surface area contributed by atoms with Crippen LogP contribution in [0.4, 0.5) is 13.2 Å². The minimum Gasteiger partial charge on any atom is -0.309 e. The van der Waals surface area contributed by atoms with Crippen LogP contribution in [0.25, 0.3) is 0 Å². The third-order valence-corrected chi connectivity index (χ3v) is 4.24. The zero-order chi connectivity index (χ0) is 14.9. The lowest BCUT2D eigenvalue weighted by Gasteiger charge is -2.19. The Kier molecular flexibility index (Phi) is 4.15. The number of thiazole rings is 1. The van der Waals surface area contributed by atoms with Gasteiger partial charge in [0.05, 0.1) is 22.8 Å². The van der Waals surface area contributed by atoms with Crippen LogP contribution in [0.1, 0.15) is 33.3 Å². The van der Waals surface area contributed by atoms with E-state index in [2.05, 4.69) is 10.3 Å². The lowest BCUT2D eigenvalue weighted by atomic mass is 9.97. The van der Waals surface area contributed by atoms with Gasteiger partial charge in [0.25, 0.3) is 0 Å². The molecule has 1 unspecified atom stereocenters. The van der Waals surface area contributed by atoms with Gasteiger partial charge in [-0.15, -0.1) is 11.3 Å². The molecule has 0 radical (unpaired) electrons. The van der Waals surface area contributed by atoms with Crippen LogP contribution in [-0.4, -0.2) is 12.0 Å². The fraction of sp³-hybridized carbons (Fsp3) is 0.357. The average Bonchev–Trinajstić information content (AvgIpc) is 2.77. The number of halogens is 3. The van der Waals surface area contributed by atoms with E-state index in [0.717, 1.165) is 22.2 Å². The van der Waals surface area contributed by atoms with Crippen molar-refractivity contribution in [3.05, 3.63) is 51.0 Å². The van der Waals surface area contributed by atoms with Gasteiger partial charge in [-0.1, -0.05) is 6.07 Å². The normalized spacial score (nSPS) is 13.5. The molecule has 1 aromatic carbocycles. The smallest absolute Gasteiger partial charge is 0.309 e. The molecular formula is C14H15F3N2S. The van der Waals surface area contributed by atoms with E-state index in [4.69, 9.17) is 0 Å². The Labute approximate surface area is 119 Å². The number of aryl methyl sites for hydroxylation is 2. The molecule has 2 rings (SSSR count). The molecule has 0 bridgehead atoms. The summed E-state index contributed by atoms with van der Waals surface area (Å²) in [5.41, 5.74) is 3.48. The summed E-state index contributed by atoms with van der Waals surface area (Å²) < 4.78 is 38.1. The summed E-state index contributed by atoms with van der Waals surface area (Å²) in [5.74, 6) is 0. The zero-order valence-electron chi connectivity index (χ0n) is 11.4. The number of alkyl halides is 3. The van der Waals surface area contributed by atoms with Crippen LogP contribution >= 0.6 is 11.3 Å². The van der Waals surface area contributed by atoms with Crippen molar-refractivity contribution >= 4 is 11.3 Å². The third kappa shape index (κ3) is 2.86. The Morgan fingerprint density at radius 1 is 1.25 bits per heavy atom. The van der Waals surface area contributed by atoms with E-state index in [1.165, 1.54) is 17.4 Å². The Morgan fingerprint density at radius 2 is 1.95 bits per heavy atom. The maximum atomic E-state index is 12.7. The molecule has 1 heterocycles. The quantitative estimate of drug-likeness (QED) is 0.923. The summed E-state index contributed by atoms with van der Waals surface area (Å²) in [6, 6.07) is 3.72. The van der Waals surface area contributed by atoms with E-state index in [-0.39, 0.29) is 6.04 Å². The zero-order valence-corrected chi connectivity index (χ0v) is 12.2. The molecule has 6 heteroatoms. The third-order valence-electron chi connectivity index (χ3n) is 3.24. The molecule has 20 heavy (non-hydrogen) atoms. The first-order valence-corrected chi connectivity index (χ1v) is 6.97. The number of nitrogens with one attached hydrogen (secondary N) is 1. The molecule has 1 atom stereocenters. The van der Waals surface area contributed by atoms with Gasteiger partial charge in [-0.05, 0) is 44.2 Å². The predicted molar refractivity (Wildman–Crippen MR) is 73.9 cm³/mol. The van der Waals surface area contributed by atoms with Crippen molar-refractivity contribution in [1.82, 2.24) is 10.3 Å². The van der Waals surface area contributed by atoms with Gasteiger partial charge in [-0.2, -0.15) is 13.2 Å². The molecule has 2 aromatic rings. The molecule has 0 aliphatic rings. The maximum Gasteiger partial charge on any atom is 0.416 e. The second-order valence-electron chi connectivity index (χ2n) is 4.59. The fourth-order valence-electron chi connectivity index (χ4n) is 2.19. The summed E-state index contributed by atoms with van der Waals surface area (Å²) in [6.07, 6.45) is -4.31. The van der Waals surface area contributed by atoms with Crippen LogP contribution in [0.5, 0.6) is 0 Å². The summed E-state index contributed by atoms with van der Waals surface area (Å²) >= 11 is 1.50. The highest BCUT2D eigenvalue weighted by Gasteiger charge is 2.31. The fourth-order valence-corrected chi connectivity index (χ4v) is 3.12. The highest BCUT2D eigenvalue weighted by atomic mass is 32.1. The lowest BCUT2D eigenvalue weighted by Crippen LogP contribution is -2.19. The van der Waals surface area contributed by atoms with Crippen molar-refractivity contribution < 1.29 is 13.2 Å². The van der Waals surface area contributed by atoms with Crippen LogP contribution in [0, 0.1) is 13.8 Å². The van der Waals surface area contributed by atoms with E-state index in [1.807, 2.05) is 6.92 Å². The number of benzene rings is 1. The average molecular weight is 300 g/mol. The standard InChI is InChI=1S/C14H15F3N2S/c1-8-6-10(14(15,16)17)4-5-11(8)12(18-3)13-9(2)19-7-20-13/h4-7,12,18H,1-3H3. The largest absolute Gasteiger partial charge is 0.416 e. The number of hydrogen-bond acceptors (Lipinski definition) is 3. The first-order valence-electron chi connectivity index (χ1n) is 6.09. The molecule has 0 saturated carbocycles. The molecular weight excluding hydrogens is 285 g/mol. The highest BCUT2D eigenvalue weighted by Crippen LogP contribution is 2.34. The Balaban J connectivity index is 2.44. The Hall–Kier alpha value is -1.40. The molecule has 1 aromatic heterocycles. The van der Waals surface area contributed by atoms with Gasteiger partial charge in [0.15, 0.2) is 0 Å². The van der Waals surface area contributed by atoms with Crippen LogP contribution in [0.3, 0.4) is 0 Å². The van der Waals surface area contributed by atoms with Crippen molar-refractivity contribution in [3.63, 3.8) is 0 Å². The SMILES string of the molecule is CNC(c1ccc(C(F)(F)F)cc1C)c1scnc1C. The molecule has 0 aliphatic carbocycles. The molecule has 0 spiro atoms. The van der Waals surface area contributed by atoms with Gasteiger partial charge in [-0.3, -0.25) is 0 Å². The summed E-state index contributed by atoms with van der Waals surface area (Å²) in [5, 5.41) is 3.15. The van der Waals surface area contributed by atoms with Crippen molar-refractivity contribution in [3.8, 4) is 0 Å². The lowest BCUT2D eigenvalue weighted by molar-refractivity contribution is -0.137. The second kappa shape index (κ2) is 5.54. The topological polar surface area (TPSA) is 24.9 Å². The minimum absolute atomic E-state index is 0.134. The van der Waals surface area contributed by atoms with E-state index in [1.54, 1.807) is 25.5 Å². The van der Waals surface area contributed by atoms with Gasteiger partial charge in [0.2, 0.25) is 0 Å².